The number of nitroso groups, excluding NO2 is 1. The molecule has 1 N–H and O–H groups in total. The van der Waals surface area contributed by atoms with Crippen LogP contribution in [-0.4, -0.2) is 36.0 Å². The van der Waals surface area contributed by atoms with Crippen LogP contribution in [0.25, 0.3) is 0 Å². The van der Waals surface area contributed by atoms with Gasteiger partial charge in [0.15, 0.2) is 0 Å². The van der Waals surface area contributed by atoms with Gasteiger partial charge in [-0.1, -0.05) is 5.18 Å². The molecule has 17 heavy (non-hydrogen) atoms. The van der Waals surface area contributed by atoms with E-state index in [4.69, 9.17) is 9.84 Å². The number of hydrogen-bond acceptors (Lipinski definition) is 4. The van der Waals surface area contributed by atoms with Crippen molar-refractivity contribution in [1.29, 1.82) is 0 Å². The standard InChI is InChI=1S/C9H12F3NO4/c10-9(11,12)5-6(7(14)15)8(13-16)1-3-17-4-2-8/h6H,1-5H2,(H,14,15). The average molecular weight is 255 g/mol. The minimum Gasteiger partial charge on any atom is -0.481 e. The normalized spacial score (nSPS) is 21.8. The molecule has 1 atom stereocenters. The SMILES string of the molecule is O=NC1(C(CC(F)(F)F)C(=O)O)CCOCC1. The molecule has 1 saturated heterocycles. The van der Waals surface area contributed by atoms with Gasteiger partial charge in [-0.05, 0) is 0 Å². The van der Waals surface area contributed by atoms with Crippen LogP contribution in [0.1, 0.15) is 19.3 Å². The summed E-state index contributed by atoms with van der Waals surface area (Å²) >= 11 is 0. The molecule has 0 spiro atoms. The molecule has 1 unspecified atom stereocenters. The highest BCUT2D eigenvalue weighted by molar-refractivity contribution is 5.72. The number of ether oxygens (including phenoxy) is 1. The van der Waals surface area contributed by atoms with Gasteiger partial charge in [-0.2, -0.15) is 18.1 Å². The summed E-state index contributed by atoms with van der Waals surface area (Å²) in [5, 5.41) is 11.5. The van der Waals surface area contributed by atoms with E-state index in [0.29, 0.717) is 0 Å². The number of nitrogens with zero attached hydrogens (tertiary/aromatic N) is 1. The first-order valence-corrected chi connectivity index (χ1v) is 5.02. The lowest BCUT2D eigenvalue weighted by atomic mass is 9.76. The van der Waals surface area contributed by atoms with E-state index in [9.17, 15) is 22.9 Å². The maximum atomic E-state index is 12.3. The van der Waals surface area contributed by atoms with Gasteiger partial charge in [0.1, 0.15) is 5.54 Å². The van der Waals surface area contributed by atoms with E-state index >= 15 is 0 Å². The number of rotatable bonds is 4. The minimum absolute atomic E-state index is 0.0490. The van der Waals surface area contributed by atoms with Crippen LogP contribution in [-0.2, 0) is 9.53 Å². The van der Waals surface area contributed by atoms with Gasteiger partial charge >= 0.3 is 12.1 Å². The van der Waals surface area contributed by atoms with Crippen molar-refractivity contribution in [3.63, 3.8) is 0 Å². The van der Waals surface area contributed by atoms with Crippen LogP contribution in [0, 0.1) is 10.8 Å². The maximum absolute atomic E-state index is 12.3. The van der Waals surface area contributed by atoms with Gasteiger partial charge in [-0.3, -0.25) is 4.79 Å². The average Bonchev–Trinajstić information content (AvgIpc) is 2.25. The van der Waals surface area contributed by atoms with Crippen molar-refractivity contribution in [2.24, 2.45) is 11.1 Å². The second kappa shape index (κ2) is 4.99. The Labute approximate surface area is 94.9 Å². The molecule has 1 aliphatic heterocycles. The van der Waals surface area contributed by atoms with Gasteiger partial charge in [0.2, 0.25) is 0 Å². The third kappa shape index (κ3) is 3.39. The van der Waals surface area contributed by atoms with Gasteiger partial charge in [-0.15, -0.1) is 0 Å². The van der Waals surface area contributed by atoms with Crippen molar-refractivity contribution >= 4 is 5.97 Å². The summed E-state index contributed by atoms with van der Waals surface area (Å²) in [7, 11) is 0. The molecule has 98 valence electrons. The number of aliphatic carboxylic acids is 1. The number of carboxylic acid groups (broad SMARTS) is 1. The van der Waals surface area contributed by atoms with Crippen molar-refractivity contribution in [3.05, 3.63) is 4.91 Å². The van der Waals surface area contributed by atoms with Crippen LogP contribution in [0.15, 0.2) is 5.18 Å². The van der Waals surface area contributed by atoms with Gasteiger partial charge in [0, 0.05) is 26.1 Å². The quantitative estimate of drug-likeness (QED) is 0.779. The number of hydrogen-bond donors (Lipinski definition) is 1. The van der Waals surface area contributed by atoms with Crippen molar-refractivity contribution in [2.45, 2.75) is 31.0 Å². The lowest BCUT2D eigenvalue weighted by Gasteiger charge is -2.35. The predicted octanol–water partition coefficient (Wildman–Crippen LogP) is 1.96. The first-order valence-electron chi connectivity index (χ1n) is 5.02. The number of carboxylic acids is 1. The van der Waals surface area contributed by atoms with Crippen LogP contribution >= 0.6 is 0 Å². The predicted molar refractivity (Wildman–Crippen MR) is 50.4 cm³/mol. The minimum atomic E-state index is -4.64. The highest BCUT2D eigenvalue weighted by Gasteiger charge is 2.50. The molecule has 0 amide bonds. The fourth-order valence-electron chi connectivity index (χ4n) is 1.97. The van der Waals surface area contributed by atoms with Crippen molar-refractivity contribution in [2.75, 3.05) is 13.2 Å². The highest BCUT2D eigenvalue weighted by atomic mass is 19.4. The van der Waals surface area contributed by atoms with Crippen molar-refractivity contribution < 1.29 is 27.8 Å². The molecule has 1 rings (SSSR count). The molecule has 8 heteroatoms. The molecule has 0 aromatic heterocycles. The van der Waals surface area contributed by atoms with Gasteiger partial charge in [0.25, 0.3) is 0 Å². The maximum Gasteiger partial charge on any atom is 0.390 e. The van der Waals surface area contributed by atoms with Gasteiger partial charge < -0.3 is 9.84 Å². The van der Waals surface area contributed by atoms with Crippen LogP contribution < -0.4 is 0 Å². The Balaban J connectivity index is 2.94. The van der Waals surface area contributed by atoms with Crippen LogP contribution in [0.3, 0.4) is 0 Å². The van der Waals surface area contributed by atoms with Gasteiger partial charge in [0.05, 0.1) is 12.3 Å². The number of alkyl halides is 3. The second-order valence-electron chi connectivity index (χ2n) is 4.02. The van der Waals surface area contributed by atoms with E-state index in [1.807, 2.05) is 0 Å². The number of halogens is 3. The Hall–Kier alpha value is -1.18. The van der Waals surface area contributed by atoms with Crippen molar-refractivity contribution in [3.8, 4) is 0 Å². The Kier molecular flexibility index (Phi) is 4.07. The third-order valence-electron chi connectivity index (χ3n) is 2.92. The highest BCUT2D eigenvalue weighted by Crippen LogP contribution is 2.39. The van der Waals surface area contributed by atoms with Crippen molar-refractivity contribution in [1.82, 2.24) is 0 Å². The summed E-state index contributed by atoms with van der Waals surface area (Å²) in [6.45, 7) is 0.0980. The monoisotopic (exact) mass is 255 g/mol. The molecule has 0 aromatic rings. The largest absolute Gasteiger partial charge is 0.481 e. The topological polar surface area (TPSA) is 76.0 Å². The molecular weight excluding hydrogens is 243 g/mol. The molecule has 0 radical (unpaired) electrons. The Morgan fingerprint density at radius 2 is 1.94 bits per heavy atom. The summed E-state index contributed by atoms with van der Waals surface area (Å²) in [5.74, 6) is -3.49. The molecule has 0 aliphatic carbocycles. The van der Waals surface area contributed by atoms with E-state index in [0.717, 1.165) is 0 Å². The first kappa shape index (κ1) is 13.9. The Morgan fingerprint density at radius 1 is 1.41 bits per heavy atom. The fraction of sp³-hybridized carbons (Fsp3) is 0.889. The summed E-state index contributed by atoms with van der Waals surface area (Å²) in [6, 6.07) is 0. The van der Waals surface area contributed by atoms with Crippen LogP contribution in [0.4, 0.5) is 13.2 Å². The molecule has 1 fully saturated rings. The van der Waals surface area contributed by atoms with E-state index in [-0.39, 0.29) is 26.1 Å². The Bertz CT molecular complexity index is 299. The fourth-order valence-corrected chi connectivity index (χ4v) is 1.97. The first-order chi connectivity index (χ1) is 7.81. The molecular formula is C9H12F3NO4. The van der Waals surface area contributed by atoms with E-state index in [1.54, 1.807) is 0 Å². The van der Waals surface area contributed by atoms with E-state index in [1.165, 1.54) is 0 Å². The molecule has 0 bridgehead atoms. The van der Waals surface area contributed by atoms with Crippen LogP contribution in [0.2, 0.25) is 0 Å². The second-order valence-corrected chi connectivity index (χ2v) is 4.02. The van der Waals surface area contributed by atoms with E-state index < -0.39 is 30.0 Å². The summed E-state index contributed by atoms with van der Waals surface area (Å²) in [4.78, 5) is 21.7. The zero-order chi connectivity index (χ0) is 13.1. The smallest absolute Gasteiger partial charge is 0.390 e. The Morgan fingerprint density at radius 3 is 2.29 bits per heavy atom. The molecule has 1 heterocycles. The lowest BCUT2D eigenvalue weighted by molar-refractivity contribution is -0.171. The van der Waals surface area contributed by atoms with Crippen LogP contribution in [0.5, 0.6) is 0 Å². The molecule has 0 saturated carbocycles. The van der Waals surface area contributed by atoms with E-state index in [2.05, 4.69) is 5.18 Å². The lowest BCUT2D eigenvalue weighted by Crippen LogP contribution is -2.46. The summed E-state index contributed by atoms with van der Waals surface area (Å²) in [5.41, 5.74) is -1.71. The molecule has 1 aliphatic rings. The third-order valence-corrected chi connectivity index (χ3v) is 2.92. The summed E-state index contributed by atoms with van der Waals surface area (Å²) < 4.78 is 41.8. The summed E-state index contributed by atoms with van der Waals surface area (Å²) in [6.07, 6.45) is -6.37. The zero-order valence-electron chi connectivity index (χ0n) is 8.87. The zero-order valence-corrected chi connectivity index (χ0v) is 8.87. The molecule has 0 aromatic carbocycles. The number of carbonyl (C=O) groups is 1. The molecule has 5 nitrogen and oxygen atoms in total. The van der Waals surface area contributed by atoms with Gasteiger partial charge in [-0.25, -0.2) is 0 Å².